The van der Waals surface area contributed by atoms with Crippen LogP contribution in [-0.4, -0.2) is 29.1 Å². The maximum Gasteiger partial charge on any atom is 0.276 e. The minimum Gasteiger partial charge on any atom is -0.364 e. The van der Waals surface area contributed by atoms with Crippen molar-refractivity contribution in [3.8, 4) is 0 Å². The number of carbonyl (C=O) groups is 1. The molecule has 3 rings (SSSR count). The topological polar surface area (TPSA) is 46.3 Å². The summed E-state index contributed by atoms with van der Waals surface area (Å²) in [6.45, 7) is 1.53. The molecule has 1 saturated heterocycles. The molecule has 0 spiro atoms. The van der Waals surface area contributed by atoms with Gasteiger partial charge in [-0.2, -0.15) is 0 Å². The number of aromatic nitrogens is 1. The Hall–Kier alpha value is -2.17. The van der Waals surface area contributed by atoms with Crippen LogP contribution in [0, 0.1) is 11.7 Å². The molecule has 1 atom stereocenters. The van der Waals surface area contributed by atoms with Crippen molar-refractivity contribution in [3.63, 3.8) is 0 Å². The van der Waals surface area contributed by atoms with Gasteiger partial charge in [0.2, 0.25) is 0 Å². The van der Waals surface area contributed by atoms with Crippen molar-refractivity contribution in [3.05, 3.63) is 53.7 Å². The zero-order chi connectivity index (χ0) is 15.4. The van der Waals surface area contributed by atoms with Crippen molar-refractivity contribution < 1.29 is 13.7 Å². The normalized spacial score (nSPS) is 18.4. The third-order valence-electron chi connectivity index (χ3n) is 4.22. The molecule has 1 unspecified atom stereocenters. The smallest absolute Gasteiger partial charge is 0.276 e. The van der Waals surface area contributed by atoms with Gasteiger partial charge in [0.15, 0.2) is 5.69 Å². The Morgan fingerprint density at radius 3 is 2.86 bits per heavy atom. The van der Waals surface area contributed by atoms with Gasteiger partial charge < -0.3 is 9.42 Å². The molecular formula is C17H19FN2O2. The zero-order valence-electron chi connectivity index (χ0n) is 12.4. The summed E-state index contributed by atoms with van der Waals surface area (Å²) in [5.41, 5.74) is 1.51. The van der Waals surface area contributed by atoms with Gasteiger partial charge in [-0.3, -0.25) is 4.79 Å². The first-order valence-corrected chi connectivity index (χ1v) is 7.66. The second-order valence-corrected chi connectivity index (χ2v) is 5.81. The van der Waals surface area contributed by atoms with E-state index in [1.54, 1.807) is 6.07 Å². The molecule has 0 saturated carbocycles. The second-order valence-electron chi connectivity index (χ2n) is 5.81. The summed E-state index contributed by atoms with van der Waals surface area (Å²) in [6.07, 6.45) is 5.48. The van der Waals surface area contributed by atoms with Crippen LogP contribution >= 0.6 is 0 Å². The predicted molar refractivity (Wildman–Crippen MR) is 79.9 cm³/mol. The fourth-order valence-corrected chi connectivity index (χ4v) is 2.99. The molecule has 1 fully saturated rings. The first-order chi connectivity index (χ1) is 10.7. The number of halogens is 1. The van der Waals surface area contributed by atoms with Crippen LogP contribution in [0.2, 0.25) is 0 Å². The summed E-state index contributed by atoms with van der Waals surface area (Å²) in [4.78, 5) is 14.1. The number of likely N-dealkylation sites (tertiary alicyclic amines) is 1. The molecule has 1 aromatic carbocycles. The highest BCUT2D eigenvalue weighted by atomic mass is 19.1. The second kappa shape index (κ2) is 6.73. The van der Waals surface area contributed by atoms with Gasteiger partial charge in [0, 0.05) is 19.2 Å². The molecule has 0 aliphatic carbocycles. The Labute approximate surface area is 128 Å². The first kappa shape index (κ1) is 14.8. The van der Waals surface area contributed by atoms with Crippen molar-refractivity contribution in [2.45, 2.75) is 25.7 Å². The molecule has 0 radical (unpaired) electrons. The summed E-state index contributed by atoms with van der Waals surface area (Å²) in [6, 6.07) is 8.25. The van der Waals surface area contributed by atoms with Gasteiger partial charge >= 0.3 is 0 Å². The summed E-state index contributed by atoms with van der Waals surface area (Å²) in [5.74, 6) is 0.223. The van der Waals surface area contributed by atoms with Crippen LogP contribution in [0.4, 0.5) is 4.39 Å². The Kier molecular flexibility index (Phi) is 4.51. The molecule has 1 aliphatic heterocycles. The fourth-order valence-electron chi connectivity index (χ4n) is 2.99. The quantitative estimate of drug-likeness (QED) is 0.870. The monoisotopic (exact) mass is 302 g/mol. The maximum atomic E-state index is 12.9. The number of amides is 1. The Morgan fingerprint density at radius 1 is 1.32 bits per heavy atom. The summed E-state index contributed by atoms with van der Waals surface area (Å²) < 4.78 is 17.6. The van der Waals surface area contributed by atoms with Crippen LogP contribution in [0.3, 0.4) is 0 Å². The Balaban J connectivity index is 1.54. The molecule has 4 nitrogen and oxygen atoms in total. The number of benzene rings is 1. The maximum absolute atomic E-state index is 12.9. The van der Waals surface area contributed by atoms with Crippen LogP contribution in [0.1, 0.15) is 35.3 Å². The number of carbonyl (C=O) groups excluding carboxylic acids is 1. The van der Waals surface area contributed by atoms with Gasteiger partial charge in [0.05, 0.1) is 0 Å². The first-order valence-electron chi connectivity index (χ1n) is 7.66. The number of piperidine rings is 1. The fraction of sp³-hybridized carbons (Fsp3) is 0.412. The average Bonchev–Trinajstić information content (AvgIpc) is 3.08. The van der Waals surface area contributed by atoms with Crippen LogP contribution in [0.25, 0.3) is 0 Å². The van der Waals surface area contributed by atoms with Crippen molar-refractivity contribution in [2.75, 3.05) is 13.1 Å². The van der Waals surface area contributed by atoms with Crippen LogP contribution < -0.4 is 0 Å². The molecule has 2 aromatic rings. The van der Waals surface area contributed by atoms with Crippen LogP contribution in [0.5, 0.6) is 0 Å². The van der Waals surface area contributed by atoms with E-state index in [-0.39, 0.29) is 11.7 Å². The van der Waals surface area contributed by atoms with Gasteiger partial charge in [-0.25, -0.2) is 4.39 Å². The summed E-state index contributed by atoms with van der Waals surface area (Å²) >= 11 is 0. The molecule has 0 N–H and O–H groups in total. The molecular weight excluding hydrogens is 283 g/mol. The molecule has 1 amide bonds. The van der Waals surface area contributed by atoms with Gasteiger partial charge in [-0.1, -0.05) is 17.3 Å². The standard InChI is InChI=1S/C17H19FN2O2/c18-15-7-5-13(6-8-15)3-4-14-2-1-10-20(12-14)17(21)16-9-11-22-19-16/h5-9,11,14H,1-4,10,12H2. The molecule has 1 aromatic heterocycles. The van der Waals surface area contributed by atoms with E-state index < -0.39 is 0 Å². The molecule has 5 heteroatoms. The lowest BCUT2D eigenvalue weighted by molar-refractivity contribution is 0.0658. The lowest BCUT2D eigenvalue weighted by atomic mass is 9.91. The number of hydrogen-bond donors (Lipinski definition) is 0. The van der Waals surface area contributed by atoms with E-state index in [4.69, 9.17) is 4.52 Å². The number of aryl methyl sites for hydroxylation is 1. The average molecular weight is 302 g/mol. The van der Waals surface area contributed by atoms with Crippen LogP contribution in [-0.2, 0) is 6.42 Å². The molecule has 116 valence electrons. The number of hydrogen-bond acceptors (Lipinski definition) is 3. The highest BCUT2D eigenvalue weighted by molar-refractivity contribution is 5.92. The Bertz CT molecular complexity index is 610. The summed E-state index contributed by atoms with van der Waals surface area (Å²) in [7, 11) is 0. The zero-order valence-corrected chi connectivity index (χ0v) is 12.4. The third-order valence-corrected chi connectivity index (χ3v) is 4.22. The van der Waals surface area contributed by atoms with E-state index >= 15 is 0 Å². The SMILES string of the molecule is O=C(c1ccon1)N1CCCC(CCc2ccc(F)cc2)C1. The van der Waals surface area contributed by atoms with Gasteiger partial charge in [-0.15, -0.1) is 0 Å². The van der Waals surface area contributed by atoms with E-state index in [0.29, 0.717) is 11.6 Å². The van der Waals surface area contributed by atoms with E-state index in [2.05, 4.69) is 5.16 Å². The minimum atomic E-state index is -0.203. The molecule has 2 heterocycles. The van der Waals surface area contributed by atoms with Gasteiger partial charge in [0.25, 0.3) is 5.91 Å². The molecule has 0 bridgehead atoms. The van der Waals surface area contributed by atoms with Crippen molar-refractivity contribution in [1.82, 2.24) is 10.1 Å². The van der Waals surface area contributed by atoms with Crippen molar-refractivity contribution in [2.24, 2.45) is 5.92 Å². The molecule has 22 heavy (non-hydrogen) atoms. The lowest BCUT2D eigenvalue weighted by Gasteiger charge is -2.32. The van der Waals surface area contributed by atoms with Crippen LogP contribution in [0.15, 0.2) is 41.1 Å². The van der Waals surface area contributed by atoms with E-state index in [0.717, 1.165) is 44.3 Å². The van der Waals surface area contributed by atoms with E-state index in [1.807, 2.05) is 17.0 Å². The largest absolute Gasteiger partial charge is 0.364 e. The van der Waals surface area contributed by atoms with Crippen molar-refractivity contribution >= 4 is 5.91 Å². The minimum absolute atomic E-state index is 0.0553. The highest BCUT2D eigenvalue weighted by Crippen LogP contribution is 2.22. The predicted octanol–water partition coefficient (Wildman–Crippen LogP) is 3.30. The lowest BCUT2D eigenvalue weighted by Crippen LogP contribution is -2.40. The van der Waals surface area contributed by atoms with Gasteiger partial charge in [0.1, 0.15) is 12.1 Å². The van der Waals surface area contributed by atoms with E-state index in [9.17, 15) is 9.18 Å². The van der Waals surface area contributed by atoms with E-state index in [1.165, 1.54) is 18.4 Å². The van der Waals surface area contributed by atoms with Gasteiger partial charge in [-0.05, 0) is 49.3 Å². The summed E-state index contributed by atoms with van der Waals surface area (Å²) in [5, 5.41) is 3.72. The molecule has 1 aliphatic rings. The number of rotatable bonds is 4. The van der Waals surface area contributed by atoms with Crippen molar-refractivity contribution in [1.29, 1.82) is 0 Å². The highest BCUT2D eigenvalue weighted by Gasteiger charge is 2.25. The Morgan fingerprint density at radius 2 is 2.14 bits per heavy atom. The third kappa shape index (κ3) is 3.53. The number of nitrogens with zero attached hydrogens (tertiary/aromatic N) is 2.